The first kappa shape index (κ1) is 11.6. The summed E-state index contributed by atoms with van der Waals surface area (Å²) < 4.78 is 0. The van der Waals surface area contributed by atoms with Crippen molar-refractivity contribution >= 4 is 5.78 Å². The first-order chi connectivity index (χ1) is 5.14. The van der Waals surface area contributed by atoms with Gasteiger partial charge in [0.1, 0.15) is 5.78 Å². The Morgan fingerprint density at radius 2 is 1.58 bits per heavy atom. The number of ketones is 1. The van der Waals surface area contributed by atoms with Gasteiger partial charge in [0.05, 0.1) is 11.5 Å². The van der Waals surface area contributed by atoms with Gasteiger partial charge in [0.25, 0.3) is 0 Å². The highest BCUT2D eigenvalue weighted by atomic mass is 16.3. The van der Waals surface area contributed by atoms with E-state index in [0.29, 0.717) is 0 Å². The van der Waals surface area contributed by atoms with Gasteiger partial charge < -0.3 is 5.11 Å². The highest BCUT2D eigenvalue weighted by Gasteiger charge is 2.45. The number of carbonyl (C=O) groups is 1. The molecule has 0 aromatic carbocycles. The van der Waals surface area contributed by atoms with Gasteiger partial charge in [-0.2, -0.15) is 0 Å². The van der Waals surface area contributed by atoms with Crippen LogP contribution in [-0.2, 0) is 4.79 Å². The molecule has 0 saturated heterocycles. The molecule has 12 heavy (non-hydrogen) atoms. The summed E-state index contributed by atoms with van der Waals surface area (Å²) in [4.78, 5) is 11.4. The van der Waals surface area contributed by atoms with Gasteiger partial charge in [0.2, 0.25) is 0 Å². The van der Waals surface area contributed by atoms with Crippen molar-refractivity contribution in [1.29, 1.82) is 0 Å². The lowest BCUT2D eigenvalue weighted by atomic mass is 9.63. The van der Waals surface area contributed by atoms with Gasteiger partial charge in [-0.3, -0.25) is 4.79 Å². The van der Waals surface area contributed by atoms with Crippen molar-refractivity contribution in [2.45, 2.75) is 47.6 Å². The SMILES string of the molecule is CC(=O)C(C)(C(C)O)C(C)(C)C. The third kappa shape index (κ3) is 1.69. The monoisotopic (exact) mass is 172 g/mol. The highest BCUT2D eigenvalue weighted by molar-refractivity contribution is 5.83. The molecule has 0 aliphatic carbocycles. The van der Waals surface area contributed by atoms with Gasteiger partial charge in [0.15, 0.2) is 0 Å². The van der Waals surface area contributed by atoms with Crippen molar-refractivity contribution in [2.24, 2.45) is 10.8 Å². The van der Waals surface area contributed by atoms with E-state index in [2.05, 4.69) is 0 Å². The molecule has 0 aromatic heterocycles. The summed E-state index contributed by atoms with van der Waals surface area (Å²) in [6.07, 6.45) is -0.602. The Balaban J connectivity index is 5.02. The van der Waals surface area contributed by atoms with Gasteiger partial charge in [-0.15, -0.1) is 0 Å². The minimum absolute atomic E-state index is 0.0463. The van der Waals surface area contributed by atoms with Crippen LogP contribution in [0.15, 0.2) is 0 Å². The molecule has 0 aliphatic heterocycles. The smallest absolute Gasteiger partial charge is 0.138 e. The van der Waals surface area contributed by atoms with Crippen LogP contribution in [0.5, 0.6) is 0 Å². The highest BCUT2D eigenvalue weighted by Crippen LogP contribution is 2.41. The Morgan fingerprint density at radius 1 is 1.25 bits per heavy atom. The summed E-state index contributed by atoms with van der Waals surface area (Å²) in [5, 5.41) is 9.56. The summed E-state index contributed by atoms with van der Waals surface area (Å²) in [5.74, 6) is 0.0463. The van der Waals surface area contributed by atoms with Crippen molar-refractivity contribution in [3.8, 4) is 0 Å². The van der Waals surface area contributed by atoms with Gasteiger partial charge in [-0.25, -0.2) is 0 Å². The Labute approximate surface area is 75.0 Å². The van der Waals surface area contributed by atoms with Crippen molar-refractivity contribution in [1.82, 2.24) is 0 Å². The molecule has 1 N–H and O–H groups in total. The van der Waals surface area contributed by atoms with Crippen molar-refractivity contribution in [2.75, 3.05) is 0 Å². The van der Waals surface area contributed by atoms with Crippen LogP contribution < -0.4 is 0 Å². The Bertz CT molecular complexity index is 177. The lowest BCUT2D eigenvalue weighted by Gasteiger charge is -2.42. The van der Waals surface area contributed by atoms with E-state index in [1.165, 1.54) is 6.92 Å². The molecule has 0 aliphatic rings. The fraction of sp³-hybridized carbons (Fsp3) is 0.900. The molecule has 0 bridgehead atoms. The van der Waals surface area contributed by atoms with Crippen molar-refractivity contribution in [3.63, 3.8) is 0 Å². The second-order valence-electron chi connectivity index (χ2n) is 4.68. The average molecular weight is 172 g/mol. The topological polar surface area (TPSA) is 37.3 Å². The molecule has 0 aromatic rings. The van der Waals surface area contributed by atoms with Crippen LogP contribution in [0.25, 0.3) is 0 Å². The van der Waals surface area contributed by atoms with Gasteiger partial charge >= 0.3 is 0 Å². The van der Waals surface area contributed by atoms with Crippen LogP contribution in [0.3, 0.4) is 0 Å². The van der Waals surface area contributed by atoms with E-state index in [1.54, 1.807) is 6.92 Å². The molecule has 2 unspecified atom stereocenters. The van der Waals surface area contributed by atoms with E-state index < -0.39 is 11.5 Å². The number of Topliss-reactive ketones (excluding diaryl/α,β-unsaturated/α-hetero) is 1. The largest absolute Gasteiger partial charge is 0.392 e. The molecule has 2 nitrogen and oxygen atoms in total. The average Bonchev–Trinajstić information content (AvgIpc) is 1.82. The lowest BCUT2D eigenvalue weighted by Crippen LogP contribution is -2.47. The Hall–Kier alpha value is -0.370. The van der Waals surface area contributed by atoms with Gasteiger partial charge in [-0.05, 0) is 26.2 Å². The zero-order valence-electron chi connectivity index (χ0n) is 8.93. The molecule has 0 radical (unpaired) electrons. The van der Waals surface area contributed by atoms with Gasteiger partial charge in [-0.1, -0.05) is 20.8 Å². The summed E-state index contributed by atoms with van der Waals surface area (Å²) in [7, 11) is 0. The quantitative estimate of drug-likeness (QED) is 0.691. The number of hydrogen-bond acceptors (Lipinski definition) is 2. The molecule has 0 saturated carbocycles. The second kappa shape index (κ2) is 3.17. The number of aliphatic hydroxyl groups excluding tert-OH is 1. The van der Waals surface area contributed by atoms with Crippen LogP contribution in [-0.4, -0.2) is 17.0 Å². The normalized spacial score (nSPS) is 19.9. The molecule has 0 rings (SSSR count). The second-order valence-corrected chi connectivity index (χ2v) is 4.68. The molecule has 0 heterocycles. The van der Waals surface area contributed by atoms with E-state index in [9.17, 15) is 9.90 Å². The predicted octanol–water partition coefficient (Wildman–Crippen LogP) is 2.01. The molecular weight excluding hydrogens is 152 g/mol. The third-order valence-corrected chi connectivity index (χ3v) is 3.12. The van der Waals surface area contributed by atoms with Crippen LogP contribution in [0.4, 0.5) is 0 Å². The minimum Gasteiger partial charge on any atom is -0.392 e. The number of aliphatic hydroxyl groups is 1. The van der Waals surface area contributed by atoms with E-state index >= 15 is 0 Å². The molecule has 0 spiro atoms. The maximum Gasteiger partial charge on any atom is 0.138 e. The first-order valence-electron chi connectivity index (χ1n) is 4.33. The predicted molar refractivity (Wildman–Crippen MR) is 49.9 cm³/mol. The van der Waals surface area contributed by atoms with E-state index in [-0.39, 0.29) is 11.2 Å². The molecule has 0 fully saturated rings. The van der Waals surface area contributed by atoms with Gasteiger partial charge in [0, 0.05) is 0 Å². The van der Waals surface area contributed by atoms with E-state index in [0.717, 1.165) is 0 Å². The van der Waals surface area contributed by atoms with Crippen LogP contribution in [0.2, 0.25) is 0 Å². The maximum absolute atomic E-state index is 11.4. The Morgan fingerprint density at radius 3 is 1.58 bits per heavy atom. The summed E-state index contributed by atoms with van der Waals surface area (Å²) in [6.45, 7) is 11.0. The van der Waals surface area contributed by atoms with Crippen LogP contribution in [0, 0.1) is 10.8 Å². The standard InChI is InChI=1S/C10H20O2/c1-7(11)10(6,8(2)12)9(3,4)5/h7,11H,1-6H3. The maximum atomic E-state index is 11.4. The van der Waals surface area contributed by atoms with Crippen LogP contribution >= 0.6 is 0 Å². The van der Waals surface area contributed by atoms with Crippen molar-refractivity contribution < 1.29 is 9.90 Å². The minimum atomic E-state index is -0.646. The number of rotatable bonds is 2. The fourth-order valence-electron chi connectivity index (χ4n) is 1.45. The summed E-state index contributed by atoms with van der Waals surface area (Å²) in [6, 6.07) is 0. The molecule has 2 heteroatoms. The van der Waals surface area contributed by atoms with Crippen LogP contribution in [0.1, 0.15) is 41.5 Å². The van der Waals surface area contributed by atoms with Crippen molar-refractivity contribution in [3.05, 3.63) is 0 Å². The Kier molecular flexibility index (Phi) is 3.07. The lowest BCUT2D eigenvalue weighted by molar-refractivity contribution is -0.140. The summed E-state index contributed by atoms with van der Waals surface area (Å²) in [5.41, 5.74) is -0.847. The van der Waals surface area contributed by atoms with E-state index in [4.69, 9.17) is 0 Å². The molecule has 2 atom stereocenters. The first-order valence-corrected chi connectivity index (χ1v) is 4.33. The molecule has 0 amide bonds. The zero-order valence-corrected chi connectivity index (χ0v) is 8.93. The molecule has 72 valence electrons. The third-order valence-electron chi connectivity index (χ3n) is 3.12. The fourth-order valence-corrected chi connectivity index (χ4v) is 1.45. The number of hydrogen-bond donors (Lipinski definition) is 1. The summed E-state index contributed by atoms with van der Waals surface area (Å²) >= 11 is 0. The zero-order chi connectivity index (χ0) is 10.2. The van der Waals surface area contributed by atoms with E-state index in [1.807, 2.05) is 27.7 Å². The molecular formula is C10H20O2. The number of carbonyl (C=O) groups excluding carboxylic acids is 1.